The fraction of sp³-hybridized carbons (Fsp3) is 0.875. The fourth-order valence-corrected chi connectivity index (χ4v) is 3.21. The number of nitrogens with zero attached hydrogens (tertiary/aromatic N) is 1. The molecule has 0 saturated carbocycles. The van der Waals surface area contributed by atoms with Gasteiger partial charge in [0.2, 0.25) is 11.8 Å². The molecule has 120 valence electrons. The first-order valence-corrected chi connectivity index (χ1v) is 7.84. The molecular formula is C16H28N2O3. The summed E-state index contributed by atoms with van der Waals surface area (Å²) in [6.45, 7) is 11.3. The van der Waals surface area contributed by atoms with Crippen molar-refractivity contribution in [1.29, 1.82) is 0 Å². The lowest BCUT2D eigenvalue weighted by Crippen LogP contribution is -2.56. The quantitative estimate of drug-likeness (QED) is 0.801. The van der Waals surface area contributed by atoms with Crippen LogP contribution in [0.5, 0.6) is 0 Å². The Morgan fingerprint density at radius 2 is 1.95 bits per heavy atom. The summed E-state index contributed by atoms with van der Waals surface area (Å²) in [6, 6.07) is -0.280. The average molecular weight is 296 g/mol. The van der Waals surface area contributed by atoms with Gasteiger partial charge < -0.3 is 15.0 Å². The zero-order valence-corrected chi connectivity index (χ0v) is 13.9. The number of ether oxygens (including phenoxy) is 1. The summed E-state index contributed by atoms with van der Waals surface area (Å²) in [6.07, 6.45) is 2.06. The molecule has 0 aromatic carbocycles. The van der Waals surface area contributed by atoms with E-state index in [2.05, 4.69) is 19.2 Å². The maximum absolute atomic E-state index is 12.9. The smallest absolute Gasteiger partial charge is 0.245 e. The predicted octanol–water partition coefficient (Wildman–Crippen LogP) is 1.71. The Balaban J connectivity index is 2.21. The van der Waals surface area contributed by atoms with Gasteiger partial charge in [0.05, 0.1) is 5.60 Å². The minimum Gasteiger partial charge on any atom is -0.375 e. The lowest BCUT2D eigenvalue weighted by molar-refractivity contribution is -0.144. The van der Waals surface area contributed by atoms with Gasteiger partial charge in [-0.25, -0.2) is 0 Å². The van der Waals surface area contributed by atoms with Crippen molar-refractivity contribution in [3.05, 3.63) is 0 Å². The van der Waals surface area contributed by atoms with Gasteiger partial charge in [0.1, 0.15) is 6.04 Å². The highest BCUT2D eigenvalue weighted by molar-refractivity contribution is 5.90. The lowest BCUT2D eigenvalue weighted by Gasteiger charge is -2.42. The van der Waals surface area contributed by atoms with Gasteiger partial charge in [-0.3, -0.25) is 9.59 Å². The second-order valence-corrected chi connectivity index (χ2v) is 7.90. The van der Waals surface area contributed by atoms with E-state index in [1.54, 1.807) is 0 Å². The molecular weight excluding hydrogens is 268 g/mol. The number of carbonyl (C=O) groups excluding carboxylic acids is 2. The first kappa shape index (κ1) is 16.3. The zero-order valence-electron chi connectivity index (χ0n) is 13.9. The first-order chi connectivity index (χ1) is 9.60. The van der Waals surface area contributed by atoms with E-state index < -0.39 is 6.04 Å². The molecule has 2 rings (SSSR count). The van der Waals surface area contributed by atoms with Crippen LogP contribution in [-0.4, -0.2) is 47.6 Å². The Labute approximate surface area is 127 Å². The van der Waals surface area contributed by atoms with Crippen molar-refractivity contribution in [3.8, 4) is 0 Å². The van der Waals surface area contributed by atoms with E-state index in [1.807, 2.05) is 25.7 Å². The van der Waals surface area contributed by atoms with Crippen molar-refractivity contribution < 1.29 is 14.3 Å². The average Bonchev–Trinajstić information content (AvgIpc) is 2.47. The predicted molar refractivity (Wildman–Crippen MR) is 80.8 cm³/mol. The number of hydrogen-bond acceptors (Lipinski definition) is 3. The molecule has 2 fully saturated rings. The van der Waals surface area contributed by atoms with Crippen LogP contribution in [0.15, 0.2) is 0 Å². The Bertz CT molecular complexity index is 426. The first-order valence-electron chi connectivity index (χ1n) is 7.84. The summed E-state index contributed by atoms with van der Waals surface area (Å²) in [5, 5.41) is 2.90. The normalized spacial score (nSPS) is 30.8. The molecule has 0 aromatic rings. The molecule has 5 nitrogen and oxygen atoms in total. The fourth-order valence-electron chi connectivity index (χ4n) is 3.21. The molecule has 5 heteroatoms. The molecule has 2 aliphatic rings. The van der Waals surface area contributed by atoms with E-state index >= 15 is 0 Å². The summed E-state index contributed by atoms with van der Waals surface area (Å²) in [5.74, 6) is 0.0214. The number of amides is 2. The topological polar surface area (TPSA) is 58.6 Å². The summed E-state index contributed by atoms with van der Waals surface area (Å²) in [4.78, 5) is 26.8. The van der Waals surface area contributed by atoms with E-state index in [-0.39, 0.29) is 28.9 Å². The molecule has 2 saturated heterocycles. The van der Waals surface area contributed by atoms with Gasteiger partial charge in [0.15, 0.2) is 0 Å². The number of hydrogen-bond donors (Lipinski definition) is 1. The largest absolute Gasteiger partial charge is 0.375 e. The molecule has 0 bridgehead atoms. The minimum atomic E-state index is -0.446. The number of nitrogens with one attached hydrogen (secondary N) is 1. The summed E-state index contributed by atoms with van der Waals surface area (Å²) < 4.78 is 5.75. The van der Waals surface area contributed by atoms with Gasteiger partial charge >= 0.3 is 0 Å². The van der Waals surface area contributed by atoms with Gasteiger partial charge in [-0.2, -0.15) is 0 Å². The molecule has 2 aliphatic heterocycles. The molecule has 1 N–H and O–H groups in total. The Hall–Kier alpha value is -1.10. The van der Waals surface area contributed by atoms with Crippen LogP contribution >= 0.6 is 0 Å². The van der Waals surface area contributed by atoms with Crippen LogP contribution in [0.3, 0.4) is 0 Å². The van der Waals surface area contributed by atoms with Gasteiger partial charge in [-0.15, -0.1) is 0 Å². The second-order valence-electron chi connectivity index (χ2n) is 7.90. The Morgan fingerprint density at radius 3 is 2.52 bits per heavy atom. The van der Waals surface area contributed by atoms with Crippen molar-refractivity contribution in [3.63, 3.8) is 0 Å². The van der Waals surface area contributed by atoms with Crippen molar-refractivity contribution in [2.75, 3.05) is 13.2 Å². The van der Waals surface area contributed by atoms with E-state index in [0.717, 1.165) is 12.8 Å². The maximum Gasteiger partial charge on any atom is 0.245 e. The van der Waals surface area contributed by atoms with Crippen molar-refractivity contribution >= 4 is 11.8 Å². The molecule has 21 heavy (non-hydrogen) atoms. The summed E-state index contributed by atoms with van der Waals surface area (Å²) >= 11 is 0. The van der Waals surface area contributed by atoms with E-state index in [4.69, 9.17) is 4.74 Å². The number of rotatable bonds is 1. The van der Waals surface area contributed by atoms with Crippen LogP contribution in [0.2, 0.25) is 0 Å². The highest BCUT2D eigenvalue weighted by Gasteiger charge is 2.42. The van der Waals surface area contributed by atoms with Gasteiger partial charge in [0, 0.05) is 25.6 Å². The standard InChI is InChI=1S/C16H28N2O3/c1-15(2,3)13-14(20)18(8-6-12(19)17-13)11-7-9-21-16(4,5)10-11/h11,13H,6-10H2,1-5H3,(H,17,19). The monoisotopic (exact) mass is 296 g/mol. The third-order valence-corrected chi connectivity index (χ3v) is 4.39. The zero-order chi connectivity index (χ0) is 15.8. The van der Waals surface area contributed by atoms with E-state index in [0.29, 0.717) is 19.6 Å². The Morgan fingerprint density at radius 1 is 1.29 bits per heavy atom. The molecule has 2 atom stereocenters. The van der Waals surface area contributed by atoms with Crippen LogP contribution in [-0.2, 0) is 14.3 Å². The van der Waals surface area contributed by atoms with Crippen LogP contribution in [0.25, 0.3) is 0 Å². The molecule has 0 radical (unpaired) electrons. The minimum absolute atomic E-state index is 0.0305. The van der Waals surface area contributed by atoms with Crippen LogP contribution < -0.4 is 5.32 Å². The number of carbonyl (C=O) groups is 2. The van der Waals surface area contributed by atoms with Crippen LogP contribution in [0, 0.1) is 5.41 Å². The molecule has 0 aromatic heterocycles. The molecule has 0 aliphatic carbocycles. The maximum atomic E-state index is 12.9. The summed E-state index contributed by atoms with van der Waals surface area (Å²) in [7, 11) is 0. The van der Waals surface area contributed by atoms with Gasteiger partial charge in [-0.1, -0.05) is 20.8 Å². The van der Waals surface area contributed by atoms with Crippen molar-refractivity contribution in [2.24, 2.45) is 5.41 Å². The SMILES string of the molecule is CC1(C)CC(N2CCC(=O)NC(C(C)(C)C)C2=O)CCO1. The molecule has 0 spiro atoms. The highest BCUT2D eigenvalue weighted by Crippen LogP contribution is 2.30. The van der Waals surface area contributed by atoms with E-state index in [1.165, 1.54) is 0 Å². The molecule has 2 heterocycles. The third-order valence-electron chi connectivity index (χ3n) is 4.39. The summed E-state index contributed by atoms with van der Waals surface area (Å²) in [5.41, 5.74) is -0.486. The van der Waals surface area contributed by atoms with Crippen molar-refractivity contribution in [2.45, 2.75) is 71.6 Å². The Kier molecular flexibility index (Phi) is 4.34. The van der Waals surface area contributed by atoms with E-state index in [9.17, 15) is 9.59 Å². The van der Waals surface area contributed by atoms with Gasteiger partial charge in [0.25, 0.3) is 0 Å². The van der Waals surface area contributed by atoms with Gasteiger partial charge in [-0.05, 0) is 32.1 Å². The molecule has 2 unspecified atom stereocenters. The highest BCUT2D eigenvalue weighted by atomic mass is 16.5. The third kappa shape index (κ3) is 3.76. The lowest BCUT2D eigenvalue weighted by atomic mass is 9.85. The van der Waals surface area contributed by atoms with Crippen molar-refractivity contribution in [1.82, 2.24) is 10.2 Å². The second kappa shape index (κ2) is 5.59. The van der Waals surface area contributed by atoms with Crippen LogP contribution in [0.1, 0.15) is 53.9 Å². The molecule has 2 amide bonds. The van der Waals surface area contributed by atoms with Crippen LogP contribution in [0.4, 0.5) is 0 Å².